The first-order valence-corrected chi connectivity index (χ1v) is 11.6. The molecule has 1 aliphatic rings. The number of sulfone groups is 1. The van der Waals surface area contributed by atoms with E-state index in [9.17, 15) is 13.2 Å². The molecule has 144 valence electrons. The van der Waals surface area contributed by atoms with Crippen LogP contribution in [0.4, 0.5) is 0 Å². The van der Waals surface area contributed by atoms with Gasteiger partial charge in [-0.25, -0.2) is 8.42 Å². The van der Waals surface area contributed by atoms with Gasteiger partial charge in [-0.3, -0.25) is 4.79 Å². The molecule has 0 saturated heterocycles. The van der Waals surface area contributed by atoms with Gasteiger partial charge >= 0.3 is 0 Å². The number of thiophene rings is 1. The normalized spacial score (nSPS) is 15.7. The smallest absolute Gasteiger partial charge is 0.261 e. The molecular formula is C21H19NO4S2. The van der Waals surface area contributed by atoms with Crippen LogP contribution >= 0.6 is 11.3 Å². The predicted molar refractivity (Wildman–Crippen MR) is 110 cm³/mol. The summed E-state index contributed by atoms with van der Waals surface area (Å²) in [5.74, 6) is 0.744. The van der Waals surface area contributed by atoms with Gasteiger partial charge < -0.3 is 10.1 Å². The lowest BCUT2D eigenvalue weighted by Crippen LogP contribution is -2.34. The molecule has 0 bridgehead atoms. The Morgan fingerprint density at radius 2 is 1.89 bits per heavy atom. The zero-order valence-electron chi connectivity index (χ0n) is 15.2. The highest BCUT2D eigenvalue weighted by Crippen LogP contribution is 2.33. The molecule has 0 aliphatic carbocycles. The Balaban J connectivity index is 1.43. The fraction of sp³-hybridized carbons (Fsp3) is 0.190. The number of carbonyl (C=O) groups is 1. The Bertz CT molecular complexity index is 1100. The molecule has 1 aliphatic heterocycles. The van der Waals surface area contributed by atoms with E-state index in [4.69, 9.17) is 4.74 Å². The maximum absolute atomic E-state index is 12.1. The second kappa shape index (κ2) is 7.41. The molecule has 1 aromatic heterocycles. The number of nitrogens with one attached hydrogen (secondary N) is 1. The van der Waals surface area contributed by atoms with Crippen molar-refractivity contribution in [3.63, 3.8) is 0 Å². The number of hydrogen-bond donors (Lipinski definition) is 1. The Morgan fingerprint density at radius 1 is 1.14 bits per heavy atom. The summed E-state index contributed by atoms with van der Waals surface area (Å²) in [5, 5.41) is 4.79. The summed E-state index contributed by atoms with van der Waals surface area (Å²) in [5.41, 5.74) is 3.04. The Labute approximate surface area is 167 Å². The summed E-state index contributed by atoms with van der Waals surface area (Å²) >= 11 is 1.41. The zero-order chi connectivity index (χ0) is 19.7. The molecule has 4 rings (SSSR count). The van der Waals surface area contributed by atoms with Gasteiger partial charge in [0.1, 0.15) is 11.9 Å². The molecule has 1 atom stereocenters. The number of carbonyl (C=O) groups excluding carboxylic acids is 1. The molecule has 2 aromatic carbocycles. The van der Waals surface area contributed by atoms with Crippen LogP contribution in [-0.4, -0.2) is 33.2 Å². The Kier molecular flexibility index (Phi) is 4.95. The highest BCUT2D eigenvalue weighted by atomic mass is 32.2. The maximum atomic E-state index is 12.1. The van der Waals surface area contributed by atoms with Crippen LogP contribution < -0.4 is 10.1 Å². The second-order valence-corrected chi connectivity index (χ2v) is 9.71. The minimum Gasteiger partial charge on any atom is -0.488 e. The van der Waals surface area contributed by atoms with Gasteiger partial charge in [0, 0.05) is 12.7 Å². The summed E-state index contributed by atoms with van der Waals surface area (Å²) < 4.78 is 29.2. The first kappa shape index (κ1) is 18.7. The molecule has 1 amide bonds. The summed E-state index contributed by atoms with van der Waals surface area (Å²) in [4.78, 5) is 13.1. The SMILES string of the molecule is CS(=O)(=O)c1ccc(-c2ccc3c(c2)C[C@H](CNC(=O)c2cccs2)O3)cc1. The lowest BCUT2D eigenvalue weighted by atomic mass is 10.0. The minimum absolute atomic E-state index is 0.0822. The number of amides is 1. The molecule has 1 N–H and O–H groups in total. The molecule has 0 saturated carbocycles. The van der Waals surface area contributed by atoms with Gasteiger partial charge in [-0.15, -0.1) is 11.3 Å². The average Bonchev–Trinajstić information content (AvgIpc) is 3.34. The molecule has 3 aromatic rings. The lowest BCUT2D eigenvalue weighted by Gasteiger charge is -2.11. The monoisotopic (exact) mass is 413 g/mol. The van der Waals surface area contributed by atoms with Crippen LogP contribution in [-0.2, 0) is 16.3 Å². The fourth-order valence-corrected chi connectivity index (χ4v) is 4.48. The van der Waals surface area contributed by atoms with Gasteiger partial charge in [0.2, 0.25) is 0 Å². The van der Waals surface area contributed by atoms with E-state index in [0.717, 1.165) is 28.9 Å². The predicted octanol–water partition coefficient (Wildman–Crippen LogP) is 3.55. The Hall–Kier alpha value is -2.64. The van der Waals surface area contributed by atoms with Crippen LogP contribution in [0.1, 0.15) is 15.2 Å². The van der Waals surface area contributed by atoms with Crippen molar-refractivity contribution in [2.45, 2.75) is 17.4 Å². The topological polar surface area (TPSA) is 72.5 Å². The van der Waals surface area contributed by atoms with Crippen LogP contribution in [0.25, 0.3) is 11.1 Å². The van der Waals surface area contributed by atoms with Gasteiger partial charge in [0.25, 0.3) is 5.91 Å². The number of hydrogen-bond acceptors (Lipinski definition) is 5. The molecule has 0 fully saturated rings. The van der Waals surface area contributed by atoms with E-state index in [0.29, 0.717) is 16.3 Å². The number of ether oxygens (including phenoxy) is 1. The molecule has 2 heterocycles. The van der Waals surface area contributed by atoms with Gasteiger partial charge in [0.15, 0.2) is 9.84 Å². The maximum Gasteiger partial charge on any atom is 0.261 e. The molecular weight excluding hydrogens is 394 g/mol. The molecule has 0 radical (unpaired) electrons. The van der Waals surface area contributed by atoms with Crippen molar-refractivity contribution in [3.8, 4) is 16.9 Å². The van der Waals surface area contributed by atoms with Crippen molar-refractivity contribution in [2.75, 3.05) is 12.8 Å². The van der Waals surface area contributed by atoms with Crippen molar-refractivity contribution in [2.24, 2.45) is 0 Å². The van der Waals surface area contributed by atoms with E-state index < -0.39 is 9.84 Å². The molecule has 7 heteroatoms. The third-order valence-electron chi connectivity index (χ3n) is 4.65. The van der Waals surface area contributed by atoms with Crippen molar-refractivity contribution in [1.29, 1.82) is 0 Å². The fourth-order valence-electron chi connectivity index (χ4n) is 3.21. The summed E-state index contributed by atoms with van der Waals surface area (Å²) in [6.45, 7) is 0.448. The van der Waals surface area contributed by atoms with Crippen molar-refractivity contribution < 1.29 is 17.9 Å². The molecule has 0 spiro atoms. The average molecular weight is 414 g/mol. The molecule has 0 unspecified atom stereocenters. The van der Waals surface area contributed by atoms with Gasteiger partial charge in [0.05, 0.1) is 16.3 Å². The van der Waals surface area contributed by atoms with E-state index in [1.54, 1.807) is 18.2 Å². The van der Waals surface area contributed by atoms with Crippen molar-refractivity contribution in [3.05, 3.63) is 70.4 Å². The standard InChI is InChI=1S/C21H19NO4S2/c1-28(24,25)18-7-4-14(5-8-18)15-6-9-19-16(11-15)12-17(26-19)13-22-21(23)20-3-2-10-27-20/h2-11,17H,12-13H2,1H3,(H,22,23)/t17-/m1/s1. The van der Waals surface area contributed by atoms with Crippen LogP contribution in [0.5, 0.6) is 5.75 Å². The molecule has 28 heavy (non-hydrogen) atoms. The van der Waals surface area contributed by atoms with Crippen molar-refractivity contribution in [1.82, 2.24) is 5.32 Å². The van der Waals surface area contributed by atoms with Crippen molar-refractivity contribution >= 4 is 27.1 Å². The first-order chi connectivity index (χ1) is 13.4. The second-order valence-electron chi connectivity index (χ2n) is 6.75. The van der Waals surface area contributed by atoms with Crippen LogP contribution in [0.2, 0.25) is 0 Å². The highest BCUT2D eigenvalue weighted by molar-refractivity contribution is 7.90. The number of rotatable bonds is 5. The van der Waals surface area contributed by atoms with Crippen LogP contribution in [0.3, 0.4) is 0 Å². The van der Waals surface area contributed by atoms with Gasteiger partial charge in [-0.05, 0) is 52.4 Å². The molecule has 5 nitrogen and oxygen atoms in total. The lowest BCUT2D eigenvalue weighted by molar-refractivity contribution is 0.0937. The van der Waals surface area contributed by atoms with Gasteiger partial charge in [-0.1, -0.05) is 24.3 Å². The summed E-state index contributed by atoms with van der Waals surface area (Å²) in [6, 6.07) is 16.5. The van der Waals surface area contributed by atoms with E-state index in [2.05, 4.69) is 11.4 Å². The van der Waals surface area contributed by atoms with E-state index in [1.165, 1.54) is 17.6 Å². The number of fused-ring (bicyclic) bond motifs is 1. The van der Waals surface area contributed by atoms with E-state index >= 15 is 0 Å². The third-order valence-corrected chi connectivity index (χ3v) is 6.65. The zero-order valence-corrected chi connectivity index (χ0v) is 16.8. The van der Waals surface area contributed by atoms with E-state index in [-0.39, 0.29) is 12.0 Å². The first-order valence-electron chi connectivity index (χ1n) is 8.82. The largest absolute Gasteiger partial charge is 0.488 e. The van der Waals surface area contributed by atoms with Crippen LogP contribution in [0.15, 0.2) is 64.9 Å². The summed E-state index contributed by atoms with van der Waals surface area (Å²) in [7, 11) is -3.20. The van der Waals surface area contributed by atoms with E-state index in [1.807, 2.05) is 35.7 Å². The van der Waals surface area contributed by atoms with Crippen LogP contribution in [0, 0.1) is 0 Å². The van der Waals surface area contributed by atoms with Gasteiger partial charge in [-0.2, -0.15) is 0 Å². The highest BCUT2D eigenvalue weighted by Gasteiger charge is 2.24. The minimum atomic E-state index is -3.20. The summed E-state index contributed by atoms with van der Waals surface area (Å²) in [6.07, 6.45) is 1.82. The third kappa shape index (κ3) is 3.95. The Morgan fingerprint density at radius 3 is 2.57 bits per heavy atom. The number of benzene rings is 2. The quantitative estimate of drug-likeness (QED) is 0.694.